The standard InChI is InChI=1S/C41H76N2O10Si2/c1-46-54(47-2,48-3)35-25-31-42-40(44)52-33-23-19-15-11-7-9-13-17-21-27-38-29-30-39(37-38)28-22-18-14-10-8-12-16-20-24-34-53-41(45)43-32-26-36-55(49-4,50-5)51-6/h19-24,27-28,38-39H,7-18,25-26,29-37H2,1-6H3,(H,42,44)(H,43,45)/b23-19+,24-20+,27-21+,28-22+. The van der Waals surface area contributed by atoms with Crippen molar-refractivity contribution in [3.05, 3.63) is 48.6 Å². The number of alkyl carbamates (subject to hydrolysis) is 2. The van der Waals surface area contributed by atoms with Gasteiger partial charge in [0.25, 0.3) is 0 Å². The van der Waals surface area contributed by atoms with Crippen molar-refractivity contribution in [1.29, 1.82) is 0 Å². The summed E-state index contributed by atoms with van der Waals surface area (Å²) in [6.45, 7) is 1.55. The van der Waals surface area contributed by atoms with Crippen LogP contribution in [0, 0.1) is 11.8 Å². The molecular weight excluding hydrogens is 737 g/mol. The van der Waals surface area contributed by atoms with E-state index in [0.717, 1.165) is 37.5 Å². The van der Waals surface area contributed by atoms with Gasteiger partial charge in [-0.3, -0.25) is 0 Å². The second-order valence-corrected chi connectivity index (χ2v) is 20.1. The van der Waals surface area contributed by atoms with E-state index in [1.807, 2.05) is 12.2 Å². The van der Waals surface area contributed by atoms with Crippen molar-refractivity contribution in [2.45, 2.75) is 121 Å². The highest BCUT2D eigenvalue weighted by atomic mass is 28.4. The molecule has 0 radical (unpaired) electrons. The van der Waals surface area contributed by atoms with Crippen molar-refractivity contribution in [2.75, 3.05) is 69.0 Å². The molecule has 0 aliphatic heterocycles. The van der Waals surface area contributed by atoms with Crippen molar-refractivity contribution >= 4 is 29.8 Å². The minimum Gasteiger partial charge on any atom is -0.445 e. The van der Waals surface area contributed by atoms with Crippen LogP contribution in [0.5, 0.6) is 0 Å². The molecule has 0 saturated heterocycles. The highest BCUT2D eigenvalue weighted by Crippen LogP contribution is 2.33. The lowest BCUT2D eigenvalue weighted by atomic mass is 10.0. The summed E-state index contributed by atoms with van der Waals surface area (Å²) in [5, 5.41) is 5.50. The van der Waals surface area contributed by atoms with Crippen LogP contribution in [-0.2, 0) is 36.0 Å². The minimum absolute atomic E-state index is 0.288. The van der Waals surface area contributed by atoms with Crippen LogP contribution >= 0.6 is 0 Å². The second kappa shape index (κ2) is 33.8. The number of nitrogens with one attached hydrogen (secondary N) is 2. The maximum absolute atomic E-state index is 11.8. The van der Waals surface area contributed by atoms with Gasteiger partial charge in [0.1, 0.15) is 13.2 Å². The average molecular weight is 813 g/mol. The third-order valence-electron chi connectivity index (χ3n) is 9.99. The summed E-state index contributed by atoms with van der Waals surface area (Å²) in [6, 6.07) is 1.26. The Morgan fingerprint density at radius 3 is 1.18 bits per heavy atom. The Hall–Kier alpha value is -2.31. The van der Waals surface area contributed by atoms with E-state index < -0.39 is 29.8 Å². The van der Waals surface area contributed by atoms with Crippen molar-refractivity contribution in [1.82, 2.24) is 10.6 Å². The summed E-state index contributed by atoms with van der Waals surface area (Å²) in [6.07, 6.45) is 36.4. The Kier molecular flexibility index (Phi) is 31.2. The lowest BCUT2D eigenvalue weighted by Gasteiger charge is -2.24. The molecule has 12 nitrogen and oxygen atoms in total. The van der Waals surface area contributed by atoms with E-state index in [4.69, 9.17) is 36.0 Å². The minimum atomic E-state index is -2.59. The molecule has 14 heteroatoms. The van der Waals surface area contributed by atoms with E-state index in [0.29, 0.717) is 38.0 Å². The van der Waals surface area contributed by atoms with Crippen molar-refractivity contribution < 1.29 is 45.6 Å². The SMILES string of the molecule is CO[Si](CCCNC(=O)OC/C=C/CCCCCC/C=C/C1CCC(/C=C/CCCCCC/C=C/COC(=O)NCCC[Si](OC)(OC)OC)C1)(OC)OC. The zero-order valence-electron chi connectivity index (χ0n) is 35.1. The van der Waals surface area contributed by atoms with Gasteiger partial charge in [0, 0.05) is 67.8 Å². The van der Waals surface area contributed by atoms with E-state index in [2.05, 4.69) is 47.1 Å². The van der Waals surface area contributed by atoms with Gasteiger partial charge in [-0.1, -0.05) is 74.3 Å². The first-order chi connectivity index (χ1) is 26.8. The first-order valence-electron chi connectivity index (χ1n) is 20.6. The number of ether oxygens (including phenoxy) is 2. The van der Waals surface area contributed by atoms with Gasteiger partial charge < -0.3 is 46.7 Å². The molecule has 2 unspecified atom stereocenters. The number of carbonyl (C=O) groups is 2. The molecule has 55 heavy (non-hydrogen) atoms. The van der Waals surface area contributed by atoms with Gasteiger partial charge in [0.05, 0.1) is 0 Å². The number of carbonyl (C=O) groups excluding carboxylic acids is 2. The first kappa shape index (κ1) is 50.7. The predicted octanol–water partition coefficient (Wildman–Crippen LogP) is 9.30. The lowest BCUT2D eigenvalue weighted by Crippen LogP contribution is -2.43. The molecule has 0 bridgehead atoms. The third-order valence-corrected chi connectivity index (χ3v) is 15.7. The van der Waals surface area contributed by atoms with E-state index in [1.54, 1.807) is 42.7 Å². The number of amides is 2. The molecule has 1 saturated carbocycles. The van der Waals surface area contributed by atoms with Crippen LogP contribution in [0.15, 0.2) is 48.6 Å². The van der Waals surface area contributed by atoms with Gasteiger partial charge in [0.2, 0.25) is 0 Å². The molecule has 318 valence electrons. The average Bonchev–Trinajstić information content (AvgIpc) is 3.66. The molecule has 1 fully saturated rings. The predicted molar refractivity (Wildman–Crippen MR) is 224 cm³/mol. The lowest BCUT2D eigenvalue weighted by molar-refractivity contribution is 0.122. The van der Waals surface area contributed by atoms with E-state index in [-0.39, 0.29) is 13.2 Å². The number of hydrogen-bond donors (Lipinski definition) is 2. The molecule has 0 aromatic carbocycles. The molecule has 0 heterocycles. The van der Waals surface area contributed by atoms with Gasteiger partial charge in [-0.2, -0.15) is 0 Å². The Balaban J connectivity index is 1.93. The highest BCUT2D eigenvalue weighted by molar-refractivity contribution is 6.60. The Bertz CT molecular complexity index is 985. The van der Waals surface area contributed by atoms with E-state index in [9.17, 15) is 9.59 Å². The van der Waals surface area contributed by atoms with Gasteiger partial charge in [-0.15, -0.1) is 0 Å². The Morgan fingerprint density at radius 1 is 0.491 bits per heavy atom. The van der Waals surface area contributed by atoms with E-state index >= 15 is 0 Å². The molecule has 2 N–H and O–H groups in total. The maximum Gasteiger partial charge on any atom is 0.500 e. The fourth-order valence-corrected chi connectivity index (χ4v) is 10.0. The molecule has 0 spiro atoms. The molecule has 1 rings (SSSR count). The van der Waals surface area contributed by atoms with E-state index in [1.165, 1.54) is 70.6 Å². The largest absolute Gasteiger partial charge is 0.500 e. The van der Waals surface area contributed by atoms with Crippen LogP contribution in [0.4, 0.5) is 9.59 Å². The van der Waals surface area contributed by atoms with Gasteiger partial charge in [-0.05, 0) is 95.3 Å². The molecule has 1 aliphatic carbocycles. The van der Waals surface area contributed by atoms with Crippen LogP contribution in [0.25, 0.3) is 0 Å². The van der Waals surface area contributed by atoms with Crippen LogP contribution < -0.4 is 10.6 Å². The normalized spacial score (nSPS) is 16.6. The number of unbranched alkanes of at least 4 members (excludes halogenated alkanes) is 10. The number of allylic oxidation sites excluding steroid dienone is 6. The Labute approximate surface area is 335 Å². The molecule has 0 aromatic heterocycles. The molecule has 2 amide bonds. The topological polar surface area (TPSA) is 132 Å². The number of hydrogen-bond acceptors (Lipinski definition) is 10. The van der Waals surface area contributed by atoms with Gasteiger partial charge in [0.15, 0.2) is 0 Å². The monoisotopic (exact) mass is 813 g/mol. The van der Waals surface area contributed by atoms with Gasteiger partial charge in [-0.25, -0.2) is 9.59 Å². The smallest absolute Gasteiger partial charge is 0.445 e. The highest BCUT2D eigenvalue weighted by Gasteiger charge is 2.37. The zero-order chi connectivity index (χ0) is 40.3. The molecule has 0 aromatic rings. The Morgan fingerprint density at radius 2 is 0.836 bits per heavy atom. The number of rotatable bonds is 34. The van der Waals surface area contributed by atoms with Crippen molar-refractivity contribution in [3.8, 4) is 0 Å². The zero-order valence-corrected chi connectivity index (χ0v) is 37.1. The third kappa shape index (κ3) is 25.5. The summed E-state index contributed by atoms with van der Waals surface area (Å²) in [4.78, 5) is 23.7. The fraction of sp³-hybridized carbons (Fsp3) is 0.756. The summed E-state index contributed by atoms with van der Waals surface area (Å²) < 4.78 is 42.7. The molecule has 1 aliphatic rings. The summed E-state index contributed by atoms with van der Waals surface area (Å²) in [5.74, 6) is 1.47. The van der Waals surface area contributed by atoms with Crippen LogP contribution in [-0.4, -0.2) is 98.8 Å². The van der Waals surface area contributed by atoms with Crippen LogP contribution in [0.1, 0.15) is 109 Å². The molecular formula is C41H76N2O10Si2. The van der Waals surface area contributed by atoms with Crippen molar-refractivity contribution in [2.24, 2.45) is 11.8 Å². The fourth-order valence-electron chi connectivity index (χ4n) is 6.56. The maximum atomic E-state index is 11.8. The van der Waals surface area contributed by atoms with Crippen LogP contribution in [0.2, 0.25) is 12.1 Å². The summed E-state index contributed by atoms with van der Waals surface area (Å²) in [7, 11) is 4.32. The first-order valence-corrected chi connectivity index (χ1v) is 24.4. The summed E-state index contributed by atoms with van der Waals surface area (Å²) >= 11 is 0. The van der Waals surface area contributed by atoms with Crippen LogP contribution in [0.3, 0.4) is 0 Å². The molecule has 2 atom stereocenters. The second-order valence-electron chi connectivity index (χ2n) is 14.0. The van der Waals surface area contributed by atoms with Crippen molar-refractivity contribution in [3.63, 3.8) is 0 Å². The van der Waals surface area contributed by atoms with Gasteiger partial charge >= 0.3 is 29.8 Å². The quantitative estimate of drug-likeness (QED) is 0.0368. The summed E-state index contributed by atoms with van der Waals surface area (Å²) in [5.41, 5.74) is 0.